The maximum Gasteiger partial charge on any atom is 0.305 e. The molecule has 2 heterocycles. The standard InChI is InChI=1S/C36H60O8/c1-27(2)16-8-7-9-17-29(43-35-20-12-14-24-40-35)22-23-31-30(18-10-5-6-11-19-34(38)39-4)32(42-28(3)37)26-33(31)44-36-21-13-15-25-41-36/h16,22-23,29-33,35-36H,5-15,17-21,24-26H2,1-4H3/b23-22+/t29?,30-,31-,32-,33-,35?,36?/m1/s1. The van der Waals surface area contributed by atoms with Gasteiger partial charge >= 0.3 is 11.9 Å². The lowest BCUT2D eigenvalue weighted by molar-refractivity contribution is -0.193. The molecular formula is C36H60O8. The van der Waals surface area contributed by atoms with Crippen molar-refractivity contribution in [3.05, 3.63) is 23.8 Å². The van der Waals surface area contributed by atoms with Crippen molar-refractivity contribution in [2.45, 2.75) is 161 Å². The van der Waals surface area contributed by atoms with Crippen molar-refractivity contribution in [1.29, 1.82) is 0 Å². The third-order valence-corrected chi connectivity index (χ3v) is 9.05. The number of carbonyl (C=O) groups excluding carboxylic acids is 2. The molecule has 3 fully saturated rings. The Balaban J connectivity index is 1.72. The van der Waals surface area contributed by atoms with Crippen LogP contribution in [-0.2, 0) is 38.0 Å². The van der Waals surface area contributed by atoms with Crippen molar-refractivity contribution in [3.63, 3.8) is 0 Å². The van der Waals surface area contributed by atoms with Crippen LogP contribution in [-0.4, -0.2) is 63.2 Å². The van der Waals surface area contributed by atoms with Crippen LogP contribution in [0.25, 0.3) is 0 Å². The van der Waals surface area contributed by atoms with Crippen molar-refractivity contribution < 1.29 is 38.0 Å². The molecule has 2 saturated heterocycles. The molecule has 0 aromatic rings. The Kier molecular flexibility index (Phi) is 17.6. The van der Waals surface area contributed by atoms with Gasteiger partial charge in [0.15, 0.2) is 12.6 Å². The fourth-order valence-corrected chi connectivity index (χ4v) is 6.70. The monoisotopic (exact) mass is 620 g/mol. The Morgan fingerprint density at radius 2 is 1.59 bits per heavy atom. The average molecular weight is 621 g/mol. The quantitative estimate of drug-likeness (QED) is 0.0816. The minimum atomic E-state index is -0.248. The van der Waals surface area contributed by atoms with Gasteiger partial charge in [-0.3, -0.25) is 9.59 Å². The van der Waals surface area contributed by atoms with Crippen LogP contribution < -0.4 is 0 Å². The number of ether oxygens (including phenoxy) is 6. The third kappa shape index (κ3) is 14.1. The molecule has 0 amide bonds. The van der Waals surface area contributed by atoms with Gasteiger partial charge in [0.1, 0.15) is 6.10 Å². The highest BCUT2D eigenvalue weighted by Crippen LogP contribution is 2.42. The maximum absolute atomic E-state index is 12.2. The second-order valence-electron chi connectivity index (χ2n) is 13.0. The molecule has 2 aliphatic heterocycles. The predicted octanol–water partition coefficient (Wildman–Crippen LogP) is 7.97. The molecule has 1 aliphatic carbocycles. The van der Waals surface area contributed by atoms with Crippen molar-refractivity contribution in [2.75, 3.05) is 20.3 Å². The van der Waals surface area contributed by atoms with Crippen molar-refractivity contribution in [2.24, 2.45) is 11.8 Å². The zero-order chi connectivity index (χ0) is 31.6. The second-order valence-corrected chi connectivity index (χ2v) is 13.0. The summed E-state index contributed by atoms with van der Waals surface area (Å²) in [5, 5.41) is 0. The Morgan fingerprint density at radius 1 is 0.864 bits per heavy atom. The van der Waals surface area contributed by atoms with Crippen LogP contribution in [0.3, 0.4) is 0 Å². The van der Waals surface area contributed by atoms with Crippen molar-refractivity contribution in [3.8, 4) is 0 Å². The first-order chi connectivity index (χ1) is 21.4. The van der Waals surface area contributed by atoms with Crippen LogP contribution >= 0.6 is 0 Å². The van der Waals surface area contributed by atoms with Gasteiger partial charge in [0.25, 0.3) is 0 Å². The maximum atomic E-state index is 12.2. The Labute approximate surface area is 266 Å². The molecule has 7 atom stereocenters. The number of hydrogen-bond acceptors (Lipinski definition) is 8. The van der Waals surface area contributed by atoms with E-state index in [-0.39, 0.29) is 54.7 Å². The summed E-state index contributed by atoms with van der Waals surface area (Å²) in [6.45, 7) is 7.28. The van der Waals surface area contributed by atoms with E-state index in [0.717, 1.165) is 110 Å². The van der Waals surface area contributed by atoms with Crippen LogP contribution in [0, 0.1) is 11.8 Å². The molecule has 252 valence electrons. The van der Waals surface area contributed by atoms with Gasteiger partial charge in [-0.05, 0) is 84.5 Å². The van der Waals surface area contributed by atoms with E-state index in [9.17, 15) is 9.59 Å². The lowest BCUT2D eigenvalue weighted by Crippen LogP contribution is -2.31. The molecule has 0 aromatic heterocycles. The first kappa shape index (κ1) is 36.7. The fourth-order valence-electron chi connectivity index (χ4n) is 6.70. The largest absolute Gasteiger partial charge is 0.469 e. The minimum absolute atomic E-state index is 0.0388. The van der Waals surface area contributed by atoms with Crippen LogP contribution in [0.15, 0.2) is 23.8 Å². The van der Waals surface area contributed by atoms with Gasteiger partial charge in [-0.15, -0.1) is 0 Å². The Hall–Kier alpha value is -1.74. The summed E-state index contributed by atoms with van der Waals surface area (Å²) < 4.78 is 35.8. The molecule has 3 unspecified atom stereocenters. The van der Waals surface area contributed by atoms with E-state index in [4.69, 9.17) is 28.4 Å². The number of hydrogen-bond donors (Lipinski definition) is 0. The molecule has 3 aliphatic rings. The third-order valence-electron chi connectivity index (χ3n) is 9.05. The molecule has 0 N–H and O–H groups in total. The lowest BCUT2D eigenvalue weighted by atomic mass is 9.87. The normalized spacial score (nSPS) is 28.1. The highest BCUT2D eigenvalue weighted by Gasteiger charge is 2.45. The molecule has 8 nitrogen and oxygen atoms in total. The Bertz CT molecular complexity index is 869. The van der Waals surface area contributed by atoms with Gasteiger partial charge in [-0.2, -0.15) is 0 Å². The van der Waals surface area contributed by atoms with Gasteiger partial charge in [0.2, 0.25) is 0 Å². The van der Waals surface area contributed by atoms with Crippen molar-refractivity contribution >= 4 is 11.9 Å². The van der Waals surface area contributed by atoms with Gasteiger partial charge in [-0.1, -0.05) is 49.5 Å². The molecule has 44 heavy (non-hydrogen) atoms. The molecular weight excluding hydrogens is 560 g/mol. The second kappa shape index (κ2) is 21.1. The summed E-state index contributed by atoms with van der Waals surface area (Å²) >= 11 is 0. The first-order valence-electron chi connectivity index (χ1n) is 17.5. The molecule has 0 spiro atoms. The van der Waals surface area contributed by atoms with Crippen LogP contribution in [0.5, 0.6) is 0 Å². The zero-order valence-corrected chi connectivity index (χ0v) is 28.0. The summed E-state index contributed by atoms with van der Waals surface area (Å²) in [5.41, 5.74) is 1.36. The van der Waals surface area contributed by atoms with Gasteiger partial charge in [0.05, 0.1) is 19.3 Å². The number of carbonyl (C=O) groups is 2. The number of methoxy groups -OCH3 is 1. The molecule has 1 saturated carbocycles. The molecule has 0 aromatic carbocycles. The molecule has 8 heteroatoms. The highest BCUT2D eigenvalue weighted by molar-refractivity contribution is 5.69. The van der Waals surface area contributed by atoms with E-state index in [2.05, 4.69) is 32.1 Å². The fraction of sp³-hybridized carbons (Fsp3) is 0.833. The van der Waals surface area contributed by atoms with Gasteiger partial charge < -0.3 is 28.4 Å². The zero-order valence-electron chi connectivity index (χ0n) is 28.0. The van der Waals surface area contributed by atoms with Gasteiger partial charge in [0, 0.05) is 44.8 Å². The summed E-state index contributed by atoms with van der Waals surface area (Å²) in [5.74, 6) is -0.168. The van der Waals surface area contributed by atoms with Crippen LogP contribution in [0.4, 0.5) is 0 Å². The van der Waals surface area contributed by atoms with Crippen LogP contribution in [0.1, 0.15) is 130 Å². The summed E-state index contributed by atoms with van der Waals surface area (Å²) in [7, 11) is 1.44. The van der Waals surface area contributed by atoms with Crippen molar-refractivity contribution in [1.82, 2.24) is 0 Å². The lowest BCUT2D eigenvalue weighted by Gasteiger charge is -2.30. The van der Waals surface area contributed by atoms with Gasteiger partial charge in [-0.25, -0.2) is 0 Å². The minimum Gasteiger partial charge on any atom is -0.469 e. The summed E-state index contributed by atoms with van der Waals surface area (Å²) in [4.78, 5) is 23.7. The van der Waals surface area contributed by atoms with Crippen LogP contribution in [0.2, 0.25) is 0 Å². The molecule has 0 bridgehead atoms. The predicted molar refractivity (Wildman–Crippen MR) is 171 cm³/mol. The summed E-state index contributed by atoms with van der Waals surface area (Å²) in [6.07, 6.45) is 22.5. The SMILES string of the molecule is COC(=O)CCCCCC[C@@H]1[C@@H](/C=C/C(CCCCC=C(C)C)OC2CCCCO2)[C@H](OC2CCCCO2)C[C@H]1OC(C)=O. The molecule has 0 radical (unpaired) electrons. The number of rotatable bonds is 19. The van der Waals surface area contributed by atoms with E-state index >= 15 is 0 Å². The number of unbranched alkanes of at least 4 members (excludes halogenated alkanes) is 5. The smallest absolute Gasteiger partial charge is 0.305 e. The first-order valence-corrected chi connectivity index (χ1v) is 17.5. The Morgan fingerprint density at radius 3 is 2.25 bits per heavy atom. The van der Waals surface area contributed by atoms with E-state index in [0.29, 0.717) is 12.8 Å². The van der Waals surface area contributed by atoms with E-state index in [1.54, 1.807) is 0 Å². The number of allylic oxidation sites excluding steroid dienone is 2. The number of esters is 2. The summed E-state index contributed by atoms with van der Waals surface area (Å²) in [6, 6.07) is 0. The van der Waals surface area contributed by atoms with E-state index < -0.39 is 0 Å². The highest BCUT2D eigenvalue weighted by atomic mass is 16.7. The topological polar surface area (TPSA) is 89.5 Å². The van der Waals surface area contributed by atoms with E-state index in [1.807, 2.05) is 0 Å². The van der Waals surface area contributed by atoms with E-state index in [1.165, 1.54) is 19.6 Å². The average Bonchev–Trinajstić information content (AvgIpc) is 3.32. The molecule has 3 rings (SSSR count).